The zero-order chi connectivity index (χ0) is 10.9. The summed E-state index contributed by atoms with van der Waals surface area (Å²) in [6, 6.07) is 6.07. The largest absolute Gasteiger partial charge is 0.399 e. The Morgan fingerprint density at radius 1 is 1.27 bits per heavy atom. The van der Waals surface area contributed by atoms with E-state index in [1.165, 1.54) is 12.1 Å². The van der Waals surface area contributed by atoms with Crippen molar-refractivity contribution in [1.82, 2.24) is 4.47 Å². The van der Waals surface area contributed by atoms with Gasteiger partial charge in [0.1, 0.15) is 0 Å². The number of nitrogen functional groups attached to an aromatic ring is 1. The summed E-state index contributed by atoms with van der Waals surface area (Å²) in [6.45, 7) is 0.862. The number of hydrogen-bond acceptors (Lipinski definition) is 4. The molecule has 0 aliphatic carbocycles. The van der Waals surface area contributed by atoms with E-state index in [9.17, 15) is 8.42 Å². The molecule has 1 aliphatic rings. The molecule has 6 heteroatoms. The van der Waals surface area contributed by atoms with Crippen molar-refractivity contribution >= 4 is 15.7 Å². The maximum absolute atomic E-state index is 11.9. The van der Waals surface area contributed by atoms with Gasteiger partial charge in [0.05, 0.1) is 11.5 Å². The summed E-state index contributed by atoms with van der Waals surface area (Å²) in [4.78, 5) is 5.22. The molecule has 0 spiro atoms. The zero-order valence-corrected chi connectivity index (χ0v) is 8.90. The van der Waals surface area contributed by atoms with Crippen molar-refractivity contribution in [2.45, 2.75) is 11.3 Å². The fourth-order valence-electron chi connectivity index (χ4n) is 1.37. The van der Waals surface area contributed by atoms with Gasteiger partial charge in [0.25, 0.3) is 10.0 Å². The molecule has 2 N–H and O–H groups in total. The lowest BCUT2D eigenvalue weighted by Gasteiger charge is -2.13. The number of nitrogens with two attached hydrogens (primary N) is 1. The van der Waals surface area contributed by atoms with E-state index in [0.717, 1.165) is 10.9 Å². The molecule has 1 heterocycles. The molecule has 15 heavy (non-hydrogen) atoms. The summed E-state index contributed by atoms with van der Waals surface area (Å²) >= 11 is 0. The number of sulfonamides is 1. The van der Waals surface area contributed by atoms with Crippen LogP contribution in [0.15, 0.2) is 29.2 Å². The Labute approximate surface area is 88.4 Å². The van der Waals surface area contributed by atoms with Crippen molar-refractivity contribution in [1.29, 1.82) is 0 Å². The minimum atomic E-state index is -3.50. The number of anilines is 1. The summed E-state index contributed by atoms with van der Waals surface area (Å²) in [5.74, 6) is 0. The van der Waals surface area contributed by atoms with Crippen LogP contribution in [-0.4, -0.2) is 26.0 Å². The van der Waals surface area contributed by atoms with Crippen LogP contribution >= 0.6 is 0 Å². The van der Waals surface area contributed by atoms with E-state index in [-0.39, 0.29) is 4.90 Å². The van der Waals surface area contributed by atoms with Crippen molar-refractivity contribution in [3.63, 3.8) is 0 Å². The van der Waals surface area contributed by atoms with E-state index in [1.807, 2.05) is 0 Å². The van der Waals surface area contributed by atoms with Crippen molar-refractivity contribution in [3.05, 3.63) is 24.3 Å². The maximum atomic E-state index is 11.9. The van der Waals surface area contributed by atoms with Gasteiger partial charge in [0.2, 0.25) is 0 Å². The molecule has 0 unspecified atom stereocenters. The van der Waals surface area contributed by atoms with Gasteiger partial charge in [0, 0.05) is 12.2 Å². The van der Waals surface area contributed by atoms with E-state index >= 15 is 0 Å². The predicted octanol–water partition coefficient (Wildman–Crippen LogP) is 0.595. The molecule has 0 saturated carbocycles. The predicted molar refractivity (Wildman–Crippen MR) is 55.3 cm³/mol. The van der Waals surface area contributed by atoms with Crippen molar-refractivity contribution in [3.8, 4) is 0 Å². The van der Waals surface area contributed by atoms with Crippen LogP contribution in [-0.2, 0) is 14.9 Å². The number of nitrogens with zero attached hydrogens (tertiary/aromatic N) is 1. The van der Waals surface area contributed by atoms with E-state index in [2.05, 4.69) is 0 Å². The molecule has 0 atom stereocenters. The van der Waals surface area contributed by atoms with E-state index < -0.39 is 10.0 Å². The molecule has 5 nitrogen and oxygen atoms in total. The Morgan fingerprint density at radius 3 is 2.47 bits per heavy atom. The van der Waals surface area contributed by atoms with Crippen LogP contribution in [0.1, 0.15) is 6.42 Å². The first-order valence-corrected chi connectivity index (χ1v) is 6.06. The Morgan fingerprint density at radius 2 is 1.93 bits per heavy atom. The van der Waals surface area contributed by atoms with Crippen LogP contribution in [0.25, 0.3) is 0 Å². The number of benzene rings is 1. The van der Waals surface area contributed by atoms with E-state index in [0.29, 0.717) is 18.8 Å². The van der Waals surface area contributed by atoms with Gasteiger partial charge in [-0.15, -0.1) is 0 Å². The average Bonchev–Trinajstić information content (AvgIpc) is 2.71. The first-order chi connectivity index (χ1) is 7.10. The Bertz CT molecular complexity index is 435. The Hall–Kier alpha value is -1.11. The summed E-state index contributed by atoms with van der Waals surface area (Å²) < 4.78 is 24.8. The molecule has 82 valence electrons. The molecule has 1 aliphatic heterocycles. The van der Waals surface area contributed by atoms with Crippen LogP contribution in [0.3, 0.4) is 0 Å². The number of hydroxylamine groups is 1. The quantitative estimate of drug-likeness (QED) is 0.752. The Kier molecular flexibility index (Phi) is 2.64. The van der Waals surface area contributed by atoms with Gasteiger partial charge in [0.15, 0.2) is 0 Å². The van der Waals surface area contributed by atoms with Gasteiger partial charge >= 0.3 is 0 Å². The lowest BCUT2D eigenvalue weighted by Crippen LogP contribution is -2.26. The van der Waals surface area contributed by atoms with Crippen molar-refractivity contribution in [2.75, 3.05) is 18.9 Å². The molecule has 0 aromatic heterocycles. The second-order valence-corrected chi connectivity index (χ2v) is 5.12. The summed E-state index contributed by atoms with van der Waals surface area (Å²) in [7, 11) is -3.50. The van der Waals surface area contributed by atoms with Crippen molar-refractivity contribution < 1.29 is 13.3 Å². The number of rotatable bonds is 2. The molecule has 1 aromatic carbocycles. The standard InChI is InChI=1S/C9H12N2O3S/c10-8-2-4-9(5-3-8)15(12,13)11-6-1-7-14-11/h2-5H,1,6-7,10H2. The van der Waals surface area contributed by atoms with Crippen molar-refractivity contribution in [2.24, 2.45) is 0 Å². The van der Waals surface area contributed by atoms with Crippen LogP contribution in [0.2, 0.25) is 0 Å². The molecule has 1 saturated heterocycles. The van der Waals surface area contributed by atoms with Gasteiger partial charge in [-0.05, 0) is 30.7 Å². The normalized spacial score (nSPS) is 18.1. The highest BCUT2D eigenvalue weighted by Crippen LogP contribution is 2.20. The molecule has 1 fully saturated rings. The third-order valence-corrected chi connectivity index (χ3v) is 3.86. The SMILES string of the molecule is Nc1ccc(S(=O)(=O)N2CCCO2)cc1. The lowest BCUT2D eigenvalue weighted by atomic mass is 10.3. The number of hydrogen-bond donors (Lipinski definition) is 1. The van der Waals surface area contributed by atoms with Crippen LogP contribution in [0, 0.1) is 0 Å². The highest BCUT2D eigenvalue weighted by atomic mass is 32.2. The first kappa shape index (κ1) is 10.4. The maximum Gasteiger partial charge on any atom is 0.265 e. The highest BCUT2D eigenvalue weighted by molar-refractivity contribution is 7.89. The molecular formula is C9H12N2O3S. The molecule has 2 rings (SSSR count). The Balaban J connectivity index is 2.32. The monoisotopic (exact) mass is 228 g/mol. The first-order valence-electron chi connectivity index (χ1n) is 4.62. The third-order valence-electron chi connectivity index (χ3n) is 2.17. The van der Waals surface area contributed by atoms with Crippen LogP contribution < -0.4 is 5.73 Å². The molecule has 0 radical (unpaired) electrons. The van der Waals surface area contributed by atoms with Gasteiger partial charge in [-0.2, -0.15) is 0 Å². The van der Waals surface area contributed by atoms with Crippen LogP contribution in [0.4, 0.5) is 5.69 Å². The molecular weight excluding hydrogens is 216 g/mol. The summed E-state index contributed by atoms with van der Waals surface area (Å²) in [5.41, 5.74) is 6.02. The minimum Gasteiger partial charge on any atom is -0.399 e. The highest BCUT2D eigenvalue weighted by Gasteiger charge is 2.28. The smallest absolute Gasteiger partial charge is 0.265 e. The topological polar surface area (TPSA) is 72.6 Å². The summed E-state index contributed by atoms with van der Waals surface area (Å²) in [5, 5.41) is 0. The second-order valence-electron chi connectivity index (χ2n) is 3.29. The van der Waals surface area contributed by atoms with E-state index in [4.69, 9.17) is 10.6 Å². The summed E-state index contributed by atoms with van der Waals surface area (Å²) in [6.07, 6.45) is 0.730. The molecule has 1 aromatic rings. The molecule has 0 bridgehead atoms. The van der Waals surface area contributed by atoms with Gasteiger partial charge in [-0.1, -0.05) is 4.47 Å². The lowest BCUT2D eigenvalue weighted by molar-refractivity contribution is -0.0284. The van der Waals surface area contributed by atoms with Gasteiger partial charge in [-0.3, -0.25) is 4.84 Å². The fourth-order valence-corrected chi connectivity index (χ4v) is 2.67. The van der Waals surface area contributed by atoms with E-state index in [1.54, 1.807) is 12.1 Å². The molecule has 0 amide bonds. The van der Waals surface area contributed by atoms with Gasteiger partial charge in [-0.25, -0.2) is 8.42 Å². The third kappa shape index (κ3) is 1.97. The van der Waals surface area contributed by atoms with Gasteiger partial charge < -0.3 is 5.73 Å². The minimum absolute atomic E-state index is 0.207. The second kappa shape index (κ2) is 3.80. The zero-order valence-electron chi connectivity index (χ0n) is 8.09. The van der Waals surface area contributed by atoms with Crippen LogP contribution in [0.5, 0.6) is 0 Å². The fraction of sp³-hybridized carbons (Fsp3) is 0.333. The average molecular weight is 228 g/mol.